The second-order valence-electron chi connectivity index (χ2n) is 9.58. The number of amides is 1. The van der Waals surface area contributed by atoms with Gasteiger partial charge >= 0.3 is 0 Å². The molecule has 0 saturated carbocycles. The lowest BCUT2D eigenvalue weighted by Crippen LogP contribution is -2.51. The quantitative estimate of drug-likeness (QED) is 0.733. The van der Waals surface area contributed by atoms with Gasteiger partial charge in [0.15, 0.2) is 5.82 Å². The van der Waals surface area contributed by atoms with Crippen LogP contribution in [0.25, 0.3) is 11.3 Å². The molecule has 3 saturated heterocycles. The molecule has 1 atom stereocenters. The fraction of sp³-hybridized carbons (Fsp3) is 0.577. The first kappa shape index (κ1) is 21.4. The molecule has 0 aliphatic carbocycles. The zero-order chi connectivity index (χ0) is 21.8. The third kappa shape index (κ3) is 4.80. The molecule has 5 rings (SSSR count). The van der Waals surface area contributed by atoms with E-state index in [0.29, 0.717) is 11.9 Å². The molecule has 6 heteroatoms. The SMILES string of the molecule is O=C([C@@H]1CCCN(c2ccc(-c3ccccc3)nn2)C1)N1CCC(N2CCCCC2)CC1. The molecule has 170 valence electrons. The summed E-state index contributed by atoms with van der Waals surface area (Å²) in [6.45, 7) is 6.04. The molecule has 4 heterocycles. The number of likely N-dealkylation sites (tertiary alicyclic amines) is 2. The molecule has 3 aliphatic heterocycles. The van der Waals surface area contributed by atoms with Gasteiger partial charge in [-0.05, 0) is 63.7 Å². The minimum Gasteiger partial charge on any atom is -0.354 e. The summed E-state index contributed by atoms with van der Waals surface area (Å²) in [6, 6.07) is 14.9. The van der Waals surface area contributed by atoms with Gasteiger partial charge in [-0.3, -0.25) is 4.79 Å². The van der Waals surface area contributed by atoms with E-state index >= 15 is 0 Å². The van der Waals surface area contributed by atoms with Crippen LogP contribution in [0.4, 0.5) is 5.82 Å². The first-order valence-electron chi connectivity index (χ1n) is 12.4. The fourth-order valence-corrected chi connectivity index (χ4v) is 5.64. The highest BCUT2D eigenvalue weighted by atomic mass is 16.2. The monoisotopic (exact) mass is 433 g/mol. The Bertz CT molecular complexity index is 873. The van der Waals surface area contributed by atoms with Crippen LogP contribution < -0.4 is 4.90 Å². The predicted molar refractivity (Wildman–Crippen MR) is 127 cm³/mol. The summed E-state index contributed by atoms with van der Waals surface area (Å²) in [5, 5.41) is 8.94. The first-order chi connectivity index (χ1) is 15.8. The summed E-state index contributed by atoms with van der Waals surface area (Å²) < 4.78 is 0. The topological polar surface area (TPSA) is 52.6 Å². The van der Waals surface area contributed by atoms with Crippen molar-refractivity contribution >= 4 is 11.7 Å². The second-order valence-corrected chi connectivity index (χ2v) is 9.58. The van der Waals surface area contributed by atoms with Gasteiger partial charge in [-0.15, -0.1) is 10.2 Å². The van der Waals surface area contributed by atoms with Gasteiger partial charge < -0.3 is 14.7 Å². The van der Waals surface area contributed by atoms with Crippen molar-refractivity contribution in [3.8, 4) is 11.3 Å². The number of carbonyl (C=O) groups excluding carboxylic acids is 1. The summed E-state index contributed by atoms with van der Waals surface area (Å²) in [4.78, 5) is 20.4. The molecule has 2 aromatic rings. The highest BCUT2D eigenvalue weighted by molar-refractivity contribution is 5.80. The fourth-order valence-electron chi connectivity index (χ4n) is 5.64. The van der Waals surface area contributed by atoms with E-state index < -0.39 is 0 Å². The number of nitrogens with zero attached hydrogens (tertiary/aromatic N) is 5. The normalized spacial score (nSPS) is 23.3. The van der Waals surface area contributed by atoms with Crippen molar-refractivity contribution in [2.75, 3.05) is 44.2 Å². The molecular weight excluding hydrogens is 398 g/mol. The van der Waals surface area contributed by atoms with Crippen molar-refractivity contribution in [1.29, 1.82) is 0 Å². The van der Waals surface area contributed by atoms with E-state index in [2.05, 4.69) is 24.9 Å². The Morgan fingerprint density at radius 3 is 2.28 bits per heavy atom. The van der Waals surface area contributed by atoms with Crippen LogP contribution in [0.5, 0.6) is 0 Å². The Labute approximate surface area is 191 Å². The lowest BCUT2D eigenvalue weighted by molar-refractivity contribution is -0.137. The summed E-state index contributed by atoms with van der Waals surface area (Å²) in [7, 11) is 0. The molecule has 3 aliphatic rings. The number of aromatic nitrogens is 2. The molecule has 6 nitrogen and oxygen atoms in total. The smallest absolute Gasteiger partial charge is 0.227 e. The molecule has 1 aromatic carbocycles. The molecule has 0 radical (unpaired) electrons. The van der Waals surface area contributed by atoms with Crippen LogP contribution in [0.15, 0.2) is 42.5 Å². The predicted octanol–water partition coefficient (Wildman–Crippen LogP) is 3.84. The van der Waals surface area contributed by atoms with Gasteiger partial charge in [0.05, 0.1) is 11.6 Å². The van der Waals surface area contributed by atoms with Crippen LogP contribution in [0.3, 0.4) is 0 Å². The zero-order valence-corrected chi connectivity index (χ0v) is 19.0. The number of hydrogen-bond acceptors (Lipinski definition) is 5. The maximum atomic E-state index is 13.3. The molecule has 3 fully saturated rings. The molecule has 0 N–H and O–H groups in total. The second kappa shape index (κ2) is 9.99. The minimum absolute atomic E-state index is 0.0749. The molecule has 0 unspecified atom stereocenters. The maximum Gasteiger partial charge on any atom is 0.227 e. The first-order valence-corrected chi connectivity index (χ1v) is 12.4. The Balaban J connectivity index is 1.16. The summed E-state index contributed by atoms with van der Waals surface area (Å²) >= 11 is 0. The molecule has 32 heavy (non-hydrogen) atoms. The minimum atomic E-state index is 0.0749. The number of hydrogen-bond donors (Lipinski definition) is 0. The Morgan fingerprint density at radius 1 is 0.781 bits per heavy atom. The average Bonchev–Trinajstić information content (AvgIpc) is 2.89. The zero-order valence-electron chi connectivity index (χ0n) is 19.0. The standard InChI is InChI=1S/C26H35N5O/c32-26(30-18-13-23(14-19-30)29-15-5-2-6-16-29)22-10-7-17-31(20-22)25-12-11-24(27-28-25)21-8-3-1-4-9-21/h1,3-4,8-9,11-12,22-23H,2,5-7,10,13-20H2/t22-/m1/s1. The third-order valence-electron chi connectivity index (χ3n) is 7.50. The van der Waals surface area contributed by atoms with Crippen LogP contribution >= 0.6 is 0 Å². The Morgan fingerprint density at radius 2 is 1.56 bits per heavy atom. The number of rotatable bonds is 4. The highest BCUT2D eigenvalue weighted by Gasteiger charge is 2.33. The van der Waals surface area contributed by atoms with Crippen LogP contribution in [0, 0.1) is 5.92 Å². The van der Waals surface area contributed by atoms with E-state index in [4.69, 9.17) is 0 Å². The van der Waals surface area contributed by atoms with Crippen LogP contribution in [-0.2, 0) is 4.79 Å². The lowest BCUT2D eigenvalue weighted by Gasteiger charge is -2.42. The lowest BCUT2D eigenvalue weighted by atomic mass is 9.94. The van der Waals surface area contributed by atoms with Gasteiger partial charge in [-0.2, -0.15) is 0 Å². The molecule has 0 bridgehead atoms. The van der Waals surface area contributed by atoms with E-state index in [1.165, 1.54) is 32.4 Å². The summed E-state index contributed by atoms with van der Waals surface area (Å²) in [6.07, 6.45) is 8.34. The van der Waals surface area contributed by atoms with Crippen molar-refractivity contribution in [2.24, 2.45) is 5.92 Å². The van der Waals surface area contributed by atoms with Crippen molar-refractivity contribution in [1.82, 2.24) is 20.0 Å². The van der Waals surface area contributed by atoms with Gasteiger partial charge in [0.1, 0.15) is 0 Å². The van der Waals surface area contributed by atoms with Crippen molar-refractivity contribution in [2.45, 2.75) is 51.0 Å². The molecule has 1 aromatic heterocycles. The maximum absolute atomic E-state index is 13.3. The van der Waals surface area contributed by atoms with Crippen molar-refractivity contribution in [3.05, 3.63) is 42.5 Å². The highest BCUT2D eigenvalue weighted by Crippen LogP contribution is 2.27. The van der Waals surface area contributed by atoms with E-state index in [9.17, 15) is 4.79 Å². The Kier molecular flexibility index (Phi) is 6.67. The van der Waals surface area contributed by atoms with Gasteiger partial charge in [0.2, 0.25) is 5.91 Å². The number of benzene rings is 1. The molecular formula is C26H35N5O. The third-order valence-corrected chi connectivity index (χ3v) is 7.50. The van der Waals surface area contributed by atoms with Crippen molar-refractivity contribution < 1.29 is 4.79 Å². The van der Waals surface area contributed by atoms with Gasteiger partial charge in [0.25, 0.3) is 0 Å². The summed E-state index contributed by atoms with van der Waals surface area (Å²) in [5.41, 5.74) is 1.96. The average molecular weight is 434 g/mol. The van der Waals surface area contributed by atoms with E-state index in [1.54, 1.807) is 0 Å². The number of anilines is 1. The number of piperidine rings is 3. The molecule has 0 spiro atoms. The Hall–Kier alpha value is -2.47. The summed E-state index contributed by atoms with van der Waals surface area (Å²) in [5.74, 6) is 1.30. The van der Waals surface area contributed by atoms with Gasteiger partial charge in [-0.25, -0.2) is 0 Å². The van der Waals surface area contributed by atoms with E-state index in [1.807, 2.05) is 42.5 Å². The van der Waals surface area contributed by atoms with Crippen molar-refractivity contribution in [3.63, 3.8) is 0 Å². The van der Waals surface area contributed by atoms with Gasteiger partial charge in [0, 0.05) is 37.8 Å². The van der Waals surface area contributed by atoms with Crippen LogP contribution in [-0.4, -0.2) is 71.2 Å². The van der Waals surface area contributed by atoms with E-state index in [0.717, 1.165) is 68.9 Å². The molecule has 1 amide bonds. The largest absolute Gasteiger partial charge is 0.354 e. The number of carbonyl (C=O) groups is 1. The van der Waals surface area contributed by atoms with Crippen LogP contribution in [0.1, 0.15) is 44.9 Å². The van der Waals surface area contributed by atoms with Crippen LogP contribution in [0.2, 0.25) is 0 Å². The van der Waals surface area contributed by atoms with E-state index in [-0.39, 0.29) is 5.92 Å². The van der Waals surface area contributed by atoms with Gasteiger partial charge in [-0.1, -0.05) is 36.8 Å².